The fourth-order valence-electron chi connectivity index (χ4n) is 17.5. The Morgan fingerprint density at radius 2 is 0.899 bits per heavy atom. The molecule has 0 radical (unpaired) electrons. The first kappa shape index (κ1) is 71.9. The third-order valence-electron chi connectivity index (χ3n) is 22.2. The van der Waals surface area contributed by atoms with E-state index in [1.807, 2.05) is 24.3 Å². The zero-order chi connectivity index (χ0) is 63.4. The van der Waals surface area contributed by atoms with E-state index in [2.05, 4.69) is 35.8 Å². The van der Waals surface area contributed by atoms with Crippen LogP contribution in [0.5, 0.6) is 11.5 Å². The van der Waals surface area contributed by atoms with Crippen LogP contribution in [0.1, 0.15) is 189 Å². The van der Waals surface area contributed by atoms with E-state index in [0.29, 0.717) is 59.8 Å². The molecule has 2 unspecified atom stereocenters. The Bertz CT molecular complexity index is 2570. The fourth-order valence-corrected chi connectivity index (χ4v) is 19.8. The van der Waals surface area contributed by atoms with Crippen LogP contribution >= 0.6 is 12.4 Å². The first-order chi connectivity index (χ1) is 41.6. The number of hydrogen-bond donors (Lipinski definition) is 2. The van der Waals surface area contributed by atoms with Gasteiger partial charge in [-0.15, -0.1) is 12.4 Å². The molecular weight excluding hydrogens is 1240 g/mol. The molecule has 14 atom stereocenters. The number of aliphatic hydroxyl groups excluding tert-OH is 2. The Balaban J connectivity index is 0.000000228. The van der Waals surface area contributed by atoms with Gasteiger partial charge >= 0.3 is 36.1 Å². The molecule has 2 saturated heterocycles. The maximum absolute atomic E-state index is 13.3. The zero-order valence-corrected chi connectivity index (χ0v) is 54.0. The van der Waals surface area contributed by atoms with E-state index in [1.165, 1.54) is 24.0 Å². The molecule has 0 amide bonds. The van der Waals surface area contributed by atoms with Gasteiger partial charge in [-0.05, 0) is 259 Å². The van der Waals surface area contributed by atoms with Gasteiger partial charge in [-0.3, -0.25) is 27.8 Å². The monoisotopic (exact) mass is 1330 g/mol. The molecule has 6 aliphatic carbocycles. The number of halogens is 11. The number of carbonyl (C=O) groups excluding carboxylic acids is 2. The highest BCUT2D eigenvalue weighted by Crippen LogP contribution is 2.64. The van der Waals surface area contributed by atoms with Crippen LogP contribution in [0.2, 0.25) is 0 Å². The summed E-state index contributed by atoms with van der Waals surface area (Å²) in [6, 6.07) is 12.0. The molecule has 23 heteroatoms. The van der Waals surface area contributed by atoms with Crippen molar-refractivity contribution in [3.05, 3.63) is 58.7 Å². The number of carbonyl (C=O) groups is 2. The summed E-state index contributed by atoms with van der Waals surface area (Å²) in [6.45, 7) is 8.58. The molecule has 0 spiro atoms. The molecule has 2 aliphatic heterocycles. The standard InChI is InChI=1S/2C33H46F5NO4S.ClH/c2*1-31-14-12-26-25-9-8-24(43-29(41)21-39-15-3-2-4-16-39)20-23(25)19-22(30(26)27(31)10-11-28(31)40)7-5-17-44(42)18-6-13-32(34,35)33(36,37)38;/h2*8-9,20,22,26-28,30,40H,2-7,10-19,21H2,1H3;1H/t2*22-,26-,27+,28+,30-,31+,44?;/m11./s1. The van der Waals surface area contributed by atoms with Gasteiger partial charge in [0.1, 0.15) is 11.5 Å². The molecule has 2 heterocycles. The molecule has 4 saturated carbocycles. The minimum Gasteiger partial charge on any atom is -0.426 e. The second-order valence-electron chi connectivity index (χ2n) is 27.7. The smallest absolute Gasteiger partial charge is 0.426 e. The van der Waals surface area contributed by atoms with Crippen molar-refractivity contribution >= 4 is 45.9 Å². The largest absolute Gasteiger partial charge is 0.453 e. The summed E-state index contributed by atoms with van der Waals surface area (Å²) in [5.41, 5.74) is 4.56. The number of piperidine rings is 2. The molecule has 8 aliphatic rings. The third kappa shape index (κ3) is 17.2. The molecule has 0 bridgehead atoms. The second-order valence-corrected chi connectivity index (χ2v) is 31.1. The van der Waals surface area contributed by atoms with Gasteiger partial charge in [0.05, 0.1) is 25.3 Å². The van der Waals surface area contributed by atoms with E-state index in [0.717, 1.165) is 140 Å². The molecular formula is C66H93ClF10N2O8S2. The highest BCUT2D eigenvalue weighted by Gasteiger charge is 2.60. The van der Waals surface area contributed by atoms with Crippen molar-refractivity contribution in [1.29, 1.82) is 0 Å². The number of alkyl halides is 10. The van der Waals surface area contributed by atoms with E-state index >= 15 is 0 Å². The number of ether oxygens (including phenoxy) is 2. The number of benzene rings is 2. The SMILES string of the molecule is C[C@]12CC[C@@H]3c4ccc(OC(=O)CN5CCCCC5)cc4C[C@@H](CCCS(=O)CCCC(F)(F)C(F)(F)F)[C@H]3[C@@H]1CC[C@@H]2O.C[C@]12CC[C@@H]3c4ccc(OC(=O)CN5CCCCC5)cc4C[C@@H](CCCS(=O)CCCC(F)(F)C(F)(F)F)[C@H]3[C@@H]1CC[C@@H]2O.Cl. The number of likely N-dealkylation sites (tertiary alicyclic amines) is 2. The van der Waals surface area contributed by atoms with Gasteiger partial charge in [-0.25, -0.2) is 0 Å². The summed E-state index contributed by atoms with van der Waals surface area (Å²) < 4.78 is 164. The summed E-state index contributed by atoms with van der Waals surface area (Å²) >= 11 is 0. The minimum atomic E-state index is -5.59. The molecule has 89 heavy (non-hydrogen) atoms. The van der Waals surface area contributed by atoms with Crippen molar-refractivity contribution in [2.45, 2.75) is 216 Å². The second kappa shape index (κ2) is 30.2. The van der Waals surface area contributed by atoms with Gasteiger partial charge in [-0.1, -0.05) is 38.8 Å². The zero-order valence-electron chi connectivity index (χ0n) is 51.5. The molecule has 504 valence electrons. The Hall–Kier alpha value is -2.89. The van der Waals surface area contributed by atoms with Crippen LogP contribution in [0, 0.1) is 46.3 Å². The maximum atomic E-state index is 13.3. The topological polar surface area (TPSA) is 134 Å². The fraction of sp³-hybridized carbons (Fsp3) is 0.788. The van der Waals surface area contributed by atoms with Crippen LogP contribution in [-0.4, -0.2) is 139 Å². The van der Waals surface area contributed by atoms with Gasteiger partial charge in [0.25, 0.3) is 0 Å². The molecule has 0 aromatic heterocycles. The van der Waals surface area contributed by atoms with E-state index < -0.39 is 71.5 Å². The lowest BCUT2D eigenvalue weighted by molar-refractivity contribution is -0.284. The molecule has 10 rings (SSSR count). The Morgan fingerprint density at radius 1 is 0.539 bits per heavy atom. The number of nitrogens with zero attached hydrogens (tertiary/aromatic N) is 2. The maximum Gasteiger partial charge on any atom is 0.453 e. The lowest BCUT2D eigenvalue weighted by Gasteiger charge is -2.53. The van der Waals surface area contributed by atoms with Crippen LogP contribution in [0.15, 0.2) is 36.4 Å². The quantitative estimate of drug-likeness (QED) is 0.0667. The molecule has 6 fully saturated rings. The molecule has 2 aromatic carbocycles. The van der Waals surface area contributed by atoms with Crippen molar-refractivity contribution in [3.63, 3.8) is 0 Å². The number of fused-ring (bicyclic) bond motifs is 10. The average molecular weight is 1330 g/mol. The average Bonchev–Trinajstić information content (AvgIpc) is 1.79. The Kier molecular flexibility index (Phi) is 24.4. The number of rotatable bonds is 22. The van der Waals surface area contributed by atoms with Crippen LogP contribution in [-0.2, 0) is 44.0 Å². The number of esters is 2. The summed E-state index contributed by atoms with van der Waals surface area (Å²) in [5, 5.41) is 21.8. The van der Waals surface area contributed by atoms with E-state index in [4.69, 9.17) is 9.47 Å². The lowest BCUT2D eigenvalue weighted by atomic mass is 9.52. The van der Waals surface area contributed by atoms with Gasteiger partial charge in [0.2, 0.25) is 0 Å². The van der Waals surface area contributed by atoms with Crippen LogP contribution in [0.4, 0.5) is 43.9 Å². The van der Waals surface area contributed by atoms with Crippen LogP contribution in [0.3, 0.4) is 0 Å². The van der Waals surface area contributed by atoms with Gasteiger partial charge in [-0.2, -0.15) is 43.9 Å². The van der Waals surface area contributed by atoms with Crippen LogP contribution in [0.25, 0.3) is 0 Å². The first-order valence-corrected chi connectivity index (χ1v) is 35.6. The predicted octanol–water partition coefficient (Wildman–Crippen LogP) is 14.5. The van der Waals surface area contributed by atoms with Crippen molar-refractivity contribution in [1.82, 2.24) is 9.80 Å². The summed E-state index contributed by atoms with van der Waals surface area (Å²) in [5.74, 6) is -6.32. The summed E-state index contributed by atoms with van der Waals surface area (Å²) in [4.78, 5) is 29.7. The van der Waals surface area contributed by atoms with Crippen molar-refractivity contribution in [2.75, 3.05) is 62.3 Å². The van der Waals surface area contributed by atoms with Gasteiger partial charge in [0, 0.05) is 57.5 Å². The van der Waals surface area contributed by atoms with Gasteiger partial charge < -0.3 is 19.7 Å². The summed E-state index contributed by atoms with van der Waals surface area (Å²) in [7, 11) is -2.95. The predicted molar refractivity (Wildman–Crippen MR) is 326 cm³/mol. The highest BCUT2D eigenvalue weighted by atomic mass is 35.5. The van der Waals surface area contributed by atoms with E-state index in [9.17, 15) is 72.1 Å². The van der Waals surface area contributed by atoms with Crippen molar-refractivity contribution < 1.29 is 81.6 Å². The normalized spacial score (nSPS) is 31.2. The van der Waals surface area contributed by atoms with Crippen molar-refractivity contribution in [2.24, 2.45) is 46.3 Å². The lowest BCUT2D eigenvalue weighted by Crippen LogP contribution is -2.47. The Labute approximate surface area is 529 Å². The van der Waals surface area contributed by atoms with E-state index in [-0.39, 0.29) is 95.3 Å². The summed E-state index contributed by atoms with van der Waals surface area (Å²) in [6.07, 6.45) is 2.77. The highest BCUT2D eigenvalue weighted by molar-refractivity contribution is 7.85. The van der Waals surface area contributed by atoms with Gasteiger partial charge in [0.15, 0.2) is 0 Å². The molecule has 2 N–H and O–H groups in total. The Morgan fingerprint density at radius 3 is 1.26 bits per heavy atom. The first-order valence-electron chi connectivity index (χ1n) is 32.6. The molecule has 2 aromatic rings. The minimum absolute atomic E-state index is 0. The van der Waals surface area contributed by atoms with Crippen LogP contribution < -0.4 is 9.47 Å². The molecule has 10 nitrogen and oxygen atoms in total. The number of hydrogen-bond acceptors (Lipinski definition) is 10. The number of aliphatic hydroxyl groups is 2. The van der Waals surface area contributed by atoms with Crippen molar-refractivity contribution in [3.8, 4) is 11.5 Å². The third-order valence-corrected chi connectivity index (χ3v) is 25.1. The van der Waals surface area contributed by atoms with E-state index in [1.54, 1.807) is 0 Å².